The summed E-state index contributed by atoms with van der Waals surface area (Å²) >= 11 is 0. The van der Waals surface area contributed by atoms with Crippen LogP contribution in [0.5, 0.6) is 0 Å². The van der Waals surface area contributed by atoms with Gasteiger partial charge in [-0.05, 0) is 56.3 Å². The molecule has 0 aliphatic carbocycles. The van der Waals surface area contributed by atoms with Crippen LogP contribution in [0, 0.1) is 0 Å². The topological polar surface area (TPSA) is 115 Å². The molecular formula is C31H32N6O3. The van der Waals surface area contributed by atoms with E-state index >= 15 is 0 Å². The van der Waals surface area contributed by atoms with Crippen molar-refractivity contribution in [2.45, 2.75) is 45.3 Å². The average Bonchev–Trinajstić information content (AvgIpc) is 3.51. The van der Waals surface area contributed by atoms with Gasteiger partial charge in [-0.15, -0.1) is 0 Å². The molecule has 9 nitrogen and oxygen atoms in total. The smallest absolute Gasteiger partial charge is 0.290 e. The first-order valence-electron chi connectivity index (χ1n) is 13.6. The van der Waals surface area contributed by atoms with E-state index in [0.29, 0.717) is 19.5 Å². The van der Waals surface area contributed by atoms with Gasteiger partial charge in [-0.2, -0.15) is 0 Å². The summed E-state index contributed by atoms with van der Waals surface area (Å²) in [5, 5.41) is 7.48. The van der Waals surface area contributed by atoms with E-state index < -0.39 is 0 Å². The second kappa shape index (κ2) is 10.9. The Morgan fingerprint density at radius 3 is 2.90 bits per heavy atom. The van der Waals surface area contributed by atoms with E-state index in [0.717, 1.165) is 51.4 Å². The quantitative estimate of drug-likeness (QED) is 0.282. The molecule has 1 amide bonds. The molecule has 0 fully saturated rings. The van der Waals surface area contributed by atoms with Crippen molar-refractivity contribution in [2.75, 3.05) is 18.9 Å². The van der Waals surface area contributed by atoms with Crippen LogP contribution in [0.1, 0.15) is 47.1 Å². The van der Waals surface area contributed by atoms with Crippen LogP contribution >= 0.6 is 0 Å². The van der Waals surface area contributed by atoms with Crippen LogP contribution in [0.4, 0.5) is 17.1 Å². The molecule has 0 radical (unpaired) electrons. The number of fused-ring (bicyclic) bond motifs is 4. The molecule has 6 rings (SSSR count). The van der Waals surface area contributed by atoms with Crippen molar-refractivity contribution < 1.29 is 14.0 Å². The number of amides is 1. The minimum atomic E-state index is -0.266. The minimum Gasteiger partial charge on any atom is -0.459 e. The SMILES string of the molecule is CNCC(=O)CC1Cc2c([nH]c3ccccc23)CN1C(=O)c1occc1CNc1ccc2c(c1)N=CCC(C)=N2. The lowest BCUT2D eigenvalue weighted by molar-refractivity contribution is -0.119. The number of rotatable bonds is 8. The number of nitrogens with zero attached hydrogens (tertiary/aromatic N) is 3. The Hall–Kier alpha value is -4.50. The van der Waals surface area contributed by atoms with E-state index in [1.165, 1.54) is 5.56 Å². The first-order chi connectivity index (χ1) is 19.5. The molecule has 0 saturated heterocycles. The Bertz CT molecular complexity index is 1650. The molecule has 2 aromatic heterocycles. The standard InChI is InChI=1S/C31H32N6O3/c1-19-9-11-33-28-13-21(7-8-27(28)35-19)34-16-20-10-12-40-30(20)31(39)37-18-29-25(15-22(37)14-23(38)17-32-2)24-5-3-4-6-26(24)36-29/h3-8,10-13,22,32,34,36H,9,14-18H2,1-2H3. The highest BCUT2D eigenvalue weighted by Crippen LogP contribution is 2.34. The average molecular weight is 537 g/mol. The fourth-order valence-corrected chi connectivity index (χ4v) is 5.57. The third-order valence-corrected chi connectivity index (χ3v) is 7.54. The number of carbonyl (C=O) groups is 2. The summed E-state index contributed by atoms with van der Waals surface area (Å²) in [6.07, 6.45) is 5.03. The molecule has 4 heterocycles. The number of hydrogen-bond donors (Lipinski definition) is 3. The Morgan fingerprint density at radius 1 is 1.15 bits per heavy atom. The number of aromatic amines is 1. The number of carbonyl (C=O) groups excluding carboxylic acids is 2. The van der Waals surface area contributed by atoms with Crippen molar-refractivity contribution in [1.29, 1.82) is 0 Å². The lowest BCUT2D eigenvalue weighted by atomic mass is 9.93. The zero-order chi connectivity index (χ0) is 27.6. The lowest BCUT2D eigenvalue weighted by Crippen LogP contribution is -2.46. The van der Waals surface area contributed by atoms with E-state index in [9.17, 15) is 9.59 Å². The maximum absolute atomic E-state index is 14.0. The van der Waals surface area contributed by atoms with Crippen molar-refractivity contribution >= 4 is 51.6 Å². The molecule has 2 aliphatic heterocycles. The monoisotopic (exact) mass is 536 g/mol. The Morgan fingerprint density at radius 2 is 2.02 bits per heavy atom. The van der Waals surface area contributed by atoms with Crippen molar-refractivity contribution in [1.82, 2.24) is 15.2 Å². The summed E-state index contributed by atoms with van der Waals surface area (Å²) in [7, 11) is 1.76. The number of furan rings is 1. The van der Waals surface area contributed by atoms with Gasteiger partial charge >= 0.3 is 0 Å². The summed E-state index contributed by atoms with van der Waals surface area (Å²) < 4.78 is 5.75. The molecule has 40 heavy (non-hydrogen) atoms. The summed E-state index contributed by atoms with van der Waals surface area (Å²) in [6.45, 7) is 3.05. The molecule has 2 aromatic carbocycles. The summed E-state index contributed by atoms with van der Waals surface area (Å²) in [6, 6.07) is 15.6. The van der Waals surface area contributed by atoms with E-state index in [4.69, 9.17) is 4.42 Å². The highest BCUT2D eigenvalue weighted by atomic mass is 16.3. The molecule has 3 N–H and O–H groups in total. The zero-order valence-electron chi connectivity index (χ0n) is 22.7. The Kier molecular flexibility index (Phi) is 7.04. The molecule has 2 aliphatic rings. The van der Waals surface area contributed by atoms with Gasteiger partial charge in [0.25, 0.3) is 5.91 Å². The van der Waals surface area contributed by atoms with Crippen molar-refractivity contribution in [3.63, 3.8) is 0 Å². The number of likely N-dealkylation sites (N-methyl/N-ethyl adjacent to an activating group) is 1. The van der Waals surface area contributed by atoms with Gasteiger partial charge in [-0.3, -0.25) is 19.6 Å². The number of aromatic nitrogens is 1. The van der Waals surface area contributed by atoms with Crippen LogP contribution < -0.4 is 10.6 Å². The van der Waals surface area contributed by atoms with E-state index in [2.05, 4.69) is 31.7 Å². The van der Waals surface area contributed by atoms with Gasteiger partial charge in [-0.1, -0.05) is 18.2 Å². The van der Waals surface area contributed by atoms with Crippen molar-refractivity contribution in [2.24, 2.45) is 9.98 Å². The first kappa shape index (κ1) is 25.8. The largest absolute Gasteiger partial charge is 0.459 e. The zero-order valence-corrected chi connectivity index (χ0v) is 22.7. The fraction of sp³-hybridized carbons (Fsp3) is 0.290. The van der Waals surface area contributed by atoms with E-state index in [1.54, 1.807) is 18.2 Å². The molecule has 0 saturated carbocycles. The second-order valence-corrected chi connectivity index (χ2v) is 10.4. The van der Waals surface area contributed by atoms with Gasteiger partial charge in [0, 0.05) is 65.2 Å². The van der Waals surface area contributed by atoms with Gasteiger partial charge < -0.3 is 24.9 Å². The highest BCUT2D eigenvalue weighted by molar-refractivity contribution is 5.99. The number of para-hydroxylation sites is 1. The Balaban J connectivity index is 1.24. The number of ketones is 1. The number of Topliss-reactive ketones (excluding diaryl/α,β-unsaturated/α-hetero) is 1. The van der Waals surface area contributed by atoms with Gasteiger partial charge in [-0.25, -0.2) is 0 Å². The van der Waals surface area contributed by atoms with Gasteiger partial charge in [0.1, 0.15) is 5.78 Å². The van der Waals surface area contributed by atoms with Crippen LogP contribution in [-0.4, -0.2) is 53.1 Å². The van der Waals surface area contributed by atoms with Crippen molar-refractivity contribution in [3.05, 3.63) is 77.4 Å². The molecule has 4 aromatic rings. The number of H-pyrrole nitrogens is 1. The predicted octanol–water partition coefficient (Wildman–Crippen LogP) is 5.32. The predicted molar refractivity (Wildman–Crippen MR) is 157 cm³/mol. The molecule has 204 valence electrons. The Labute approximate surface area is 232 Å². The van der Waals surface area contributed by atoms with Crippen LogP contribution in [0.15, 0.2) is 69.2 Å². The highest BCUT2D eigenvalue weighted by Gasteiger charge is 2.35. The van der Waals surface area contributed by atoms with Gasteiger partial charge in [0.2, 0.25) is 0 Å². The third-order valence-electron chi connectivity index (χ3n) is 7.54. The van der Waals surface area contributed by atoms with Crippen LogP contribution in [0.2, 0.25) is 0 Å². The molecule has 0 spiro atoms. The van der Waals surface area contributed by atoms with Gasteiger partial charge in [0.15, 0.2) is 5.76 Å². The molecule has 9 heteroatoms. The molecule has 1 unspecified atom stereocenters. The van der Waals surface area contributed by atoms with Gasteiger partial charge in [0.05, 0.1) is 30.7 Å². The maximum atomic E-state index is 14.0. The number of aliphatic imine (C=N–C) groups is 2. The minimum absolute atomic E-state index is 0.0697. The molecular weight excluding hydrogens is 504 g/mol. The number of nitrogens with one attached hydrogen (secondary N) is 3. The molecule has 1 atom stereocenters. The summed E-state index contributed by atoms with van der Waals surface area (Å²) in [5.74, 6) is 0.135. The lowest BCUT2D eigenvalue weighted by Gasteiger charge is -2.35. The number of anilines is 1. The number of benzene rings is 2. The second-order valence-electron chi connectivity index (χ2n) is 10.4. The van der Waals surface area contributed by atoms with Crippen molar-refractivity contribution in [3.8, 4) is 0 Å². The van der Waals surface area contributed by atoms with Crippen LogP contribution in [0.25, 0.3) is 10.9 Å². The van der Waals surface area contributed by atoms with Crippen LogP contribution in [-0.2, 0) is 24.3 Å². The normalized spacial score (nSPS) is 16.3. The van der Waals surface area contributed by atoms with Crippen LogP contribution in [0.3, 0.4) is 0 Å². The maximum Gasteiger partial charge on any atom is 0.290 e. The number of hydrogen-bond acceptors (Lipinski definition) is 7. The van der Waals surface area contributed by atoms with E-state index in [-0.39, 0.29) is 36.5 Å². The summed E-state index contributed by atoms with van der Waals surface area (Å²) in [4.78, 5) is 41.1. The first-order valence-corrected chi connectivity index (χ1v) is 13.6. The van der Waals surface area contributed by atoms with E-state index in [1.807, 2.05) is 55.6 Å². The molecule has 0 bridgehead atoms. The summed E-state index contributed by atoms with van der Waals surface area (Å²) in [5.41, 5.74) is 7.51. The third kappa shape index (κ3) is 5.08. The fourth-order valence-electron chi connectivity index (χ4n) is 5.57.